The van der Waals surface area contributed by atoms with Crippen LogP contribution in [0.3, 0.4) is 0 Å². The molecular weight excluding hydrogens is 529 g/mol. The first-order chi connectivity index (χ1) is 16.0. The highest BCUT2D eigenvalue weighted by atomic mass is 28.9. The maximum Gasteiger partial charge on any atom is 0.0481 e. The Morgan fingerprint density at radius 1 is 0.611 bits per heavy atom. The lowest BCUT2D eigenvalue weighted by molar-refractivity contribution is 0.755. The van der Waals surface area contributed by atoms with Crippen LogP contribution >= 0.6 is 0 Å². The maximum absolute atomic E-state index is 2.80. The molecule has 0 spiro atoms. The van der Waals surface area contributed by atoms with E-state index in [-0.39, 0.29) is 0 Å². The molecule has 0 bridgehead atoms. The Morgan fingerprint density at radius 3 is 1.39 bits per heavy atom. The molecule has 0 amide bonds. The lowest BCUT2D eigenvalue weighted by Crippen LogP contribution is -2.69. The molecule has 0 nitrogen and oxygen atoms in total. The topological polar surface area (TPSA) is 0 Å². The second kappa shape index (κ2) is 9.29. The van der Waals surface area contributed by atoms with Crippen LogP contribution in [0, 0.1) is 0 Å². The van der Waals surface area contributed by atoms with Crippen LogP contribution in [0.1, 0.15) is 33.6 Å². The Bertz CT molecular complexity index is 1080. The standard InChI is InChI=1S/C30H56Si6/c1-28(2,3)31(27-22-18-20-25-19-16-17-21-26(25)27)32-29(33(4,5)6,34(7,8)9)23-24-30(32,35(10,11)12)36(13,14)15/h16-22H,23-24H2,1-15H3. The van der Waals surface area contributed by atoms with Crippen LogP contribution in [0.4, 0.5) is 0 Å². The fourth-order valence-electron chi connectivity index (χ4n) is 9.02. The summed E-state index contributed by atoms with van der Waals surface area (Å²) >= 11 is 0. The Morgan fingerprint density at radius 2 is 1.00 bits per heavy atom. The summed E-state index contributed by atoms with van der Waals surface area (Å²) in [6.07, 6.45) is 3.10. The van der Waals surface area contributed by atoms with Crippen molar-refractivity contribution in [2.75, 3.05) is 0 Å². The largest absolute Gasteiger partial charge is 0.0694 e. The van der Waals surface area contributed by atoms with E-state index in [1.165, 1.54) is 5.39 Å². The van der Waals surface area contributed by atoms with E-state index in [2.05, 4.69) is 142 Å². The van der Waals surface area contributed by atoms with Crippen molar-refractivity contribution in [3.63, 3.8) is 0 Å². The van der Waals surface area contributed by atoms with E-state index in [1.807, 2.05) is 0 Å². The number of benzene rings is 2. The second-order valence-corrected chi connectivity index (χ2v) is 49.5. The van der Waals surface area contributed by atoms with Gasteiger partial charge >= 0.3 is 0 Å². The third-order valence-electron chi connectivity index (χ3n) is 9.91. The predicted molar refractivity (Wildman–Crippen MR) is 183 cm³/mol. The van der Waals surface area contributed by atoms with E-state index in [9.17, 15) is 0 Å². The van der Waals surface area contributed by atoms with Crippen molar-refractivity contribution in [3.05, 3.63) is 42.5 Å². The molecule has 6 heteroatoms. The van der Waals surface area contributed by atoms with Crippen molar-refractivity contribution in [2.45, 2.75) is 126 Å². The smallest absolute Gasteiger partial charge is 0.0481 e. The first-order valence-electron chi connectivity index (χ1n) is 14.3. The summed E-state index contributed by atoms with van der Waals surface area (Å²) < 4.78 is 1.34. The molecule has 0 N–H and O–H groups in total. The van der Waals surface area contributed by atoms with Gasteiger partial charge in [0.1, 0.15) is 0 Å². The van der Waals surface area contributed by atoms with Crippen molar-refractivity contribution < 1.29 is 0 Å². The molecule has 1 saturated heterocycles. The first kappa shape index (κ1) is 30.5. The van der Waals surface area contributed by atoms with Gasteiger partial charge in [-0.3, -0.25) is 0 Å². The summed E-state index contributed by atoms with van der Waals surface area (Å²) in [6, 6.07) is 16.7. The summed E-state index contributed by atoms with van der Waals surface area (Å²) in [4.78, 5) is 0. The van der Waals surface area contributed by atoms with Gasteiger partial charge in [0, 0.05) is 40.2 Å². The molecule has 0 unspecified atom stereocenters. The van der Waals surface area contributed by atoms with Gasteiger partial charge in [0.05, 0.1) is 0 Å². The van der Waals surface area contributed by atoms with Crippen LogP contribution in [0.5, 0.6) is 0 Å². The van der Waals surface area contributed by atoms with Gasteiger partial charge < -0.3 is 0 Å². The van der Waals surface area contributed by atoms with Crippen molar-refractivity contribution in [1.29, 1.82) is 0 Å². The number of rotatable bonds is 5. The van der Waals surface area contributed by atoms with Crippen molar-refractivity contribution in [2.24, 2.45) is 0 Å². The van der Waals surface area contributed by atoms with Crippen LogP contribution in [0.15, 0.2) is 42.5 Å². The minimum Gasteiger partial charge on any atom is -0.0694 e. The van der Waals surface area contributed by atoms with Crippen LogP contribution < -0.4 is 5.19 Å². The maximum atomic E-state index is 2.80. The average Bonchev–Trinajstić information content (AvgIpc) is 3.05. The fourth-order valence-corrected chi connectivity index (χ4v) is 76.5. The van der Waals surface area contributed by atoms with E-state index in [0.717, 1.165) is 0 Å². The molecule has 2 aromatic carbocycles. The van der Waals surface area contributed by atoms with Crippen LogP contribution in [-0.4, -0.2) is 48.1 Å². The van der Waals surface area contributed by atoms with Gasteiger partial charge in [-0.1, -0.05) is 155 Å². The van der Waals surface area contributed by atoms with Crippen molar-refractivity contribution >= 4 is 64.0 Å². The molecule has 1 aliphatic heterocycles. The summed E-state index contributed by atoms with van der Waals surface area (Å²) in [5.74, 6) is 0. The zero-order valence-corrected chi connectivity index (χ0v) is 32.5. The molecule has 0 radical (unpaired) electrons. The van der Waals surface area contributed by atoms with Gasteiger partial charge in [-0.25, -0.2) is 0 Å². The monoisotopic (exact) mass is 584 g/mol. The van der Waals surface area contributed by atoms with E-state index < -0.39 is 48.1 Å². The van der Waals surface area contributed by atoms with Gasteiger partial charge in [0.2, 0.25) is 0 Å². The molecule has 0 aliphatic carbocycles. The summed E-state index contributed by atoms with van der Waals surface area (Å²) in [5.41, 5.74) is 0. The number of hydrogen-bond donors (Lipinski definition) is 0. The highest BCUT2D eigenvalue weighted by Crippen LogP contribution is 2.69. The third kappa shape index (κ3) is 4.57. The molecule has 1 fully saturated rings. The molecule has 200 valence electrons. The zero-order chi connectivity index (χ0) is 27.8. The average molecular weight is 585 g/mol. The van der Waals surface area contributed by atoms with Gasteiger partial charge in [-0.15, -0.1) is 0 Å². The predicted octanol–water partition coefficient (Wildman–Crippen LogP) is 9.70. The summed E-state index contributed by atoms with van der Waals surface area (Å²) in [6.45, 7) is 41.5. The first-order valence-corrected chi connectivity index (χ1v) is 32.3. The SMILES string of the molecule is CC(C)(C)[Si](c1cccc2ccccc12)=[Si]1C([Si](C)(C)C)([Si](C)(C)C)CCC1([Si](C)(C)C)[Si](C)(C)C. The van der Waals surface area contributed by atoms with E-state index in [1.54, 1.807) is 23.4 Å². The van der Waals surface area contributed by atoms with Gasteiger partial charge in [-0.2, -0.15) is 0 Å². The lowest BCUT2D eigenvalue weighted by Gasteiger charge is -2.59. The quantitative estimate of drug-likeness (QED) is 0.307. The van der Waals surface area contributed by atoms with Crippen molar-refractivity contribution in [3.8, 4) is 0 Å². The summed E-state index contributed by atoms with van der Waals surface area (Å²) in [7, 11) is -7.50. The molecule has 1 heterocycles. The van der Waals surface area contributed by atoms with Crippen molar-refractivity contribution in [1.82, 2.24) is 0 Å². The molecule has 36 heavy (non-hydrogen) atoms. The Balaban J connectivity index is 2.78. The third-order valence-corrected chi connectivity index (χ3v) is 57.5. The zero-order valence-electron chi connectivity index (χ0n) is 26.5. The molecule has 0 saturated carbocycles. The van der Waals surface area contributed by atoms with Crippen LogP contribution in [0.2, 0.25) is 92.2 Å². The summed E-state index contributed by atoms with van der Waals surface area (Å²) in [5, 5.41) is 5.18. The van der Waals surface area contributed by atoms with Gasteiger partial charge in [0.15, 0.2) is 0 Å². The van der Waals surface area contributed by atoms with E-state index in [4.69, 9.17) is 0 Å². The molecule has 2 aromatic rings. The Labute approximate surface area is 231 Å². The number of hydrogen-bond acceptors (Lipinski definition) is 0. The Hall–Kier alpha value is 0.00130. The highest BCUT2D eigenvalue weighted by Gasteiger charge is 2.70. The van der Waals surface area contributed by atoms with E-state index in [0.29, 0.717) is 13.6 Å². The van der Waals surface area contributed by atoms with Gasteiger partial charge in [0.25, 0.3) is 0 Å². The van der Waals surface area contributed by atoms with Gasteiger partial charge in [-0.05, 0) is 37.5 Å². The molecule has 0 atom stereocenters. The molecule has 3 rings (SSSR count). The Kier molecular flexibility index (Phi) is 7.88. The van der Waals surface area contributed by atoms with Crippen LogP contribution in [-0.2, 0) is 0 Å². The highest BCUT2D eigenvalue weighted by molar-refractivity contribution is 7.29. The molecular formula is C30H56Si6. The second-order valence-electron chi connectivity index (χ2n) is 16.8. The lowest BCUT2D eigenvalue weighted by atomic mass is 10.1. The minimum atomic E-state index is -1.48. The minimum absolute atomic E-state index is 0.350. The molecule has 0 aromatic heterocycles. The molecule has 1 aliphatic rings. The fraction of sp³-hybridized carbons (Fsp3) is 0.667. The number of fused-ring (bicyclic) bond motifs is 1. The van der Waals surface area contributed by atoms with Crippen LogP contribution in [0.25, 0.3) is 10.8 Å². The van der Waals surface area contributed by atoms with E-state index >= 15 is 0 Å². The normalized spacial score (nSPS) is 19.1.